The summed E-state index contributed by atoms with van der Waals surface area (Å²) in [7, 11) is 0. The van der Waals surface area contributed by atoms with Crippen molar-refractivity contribution in [2.24, 2.45) is 5.41 Å². The van der Waals surface area contributed by atoms with Crippen LogP contribution in [-0.4, -0.2) is 45.1 Å². The van der Waals surface area contributed by atoms with Crippen LogP contribution in [0.15, 0.2) is 28.9 Å². The summed E-state index contributed by atoms with van der Waals surface area (Å²) in [5.41, 5.74) is 1.32. The molecule has 1 aliphatic heterocycles. The van der Waals surface area contributed by atoms with Gasteiger partial charge in [-0.2, -0.15) is 0 Å². The number of piperidine rings is 1. The van der Waals surface area contributed by atoms with Crippen molar-refractivity contribution in [1.29, 1.82) is 0 Å². The average molecular weight is 327 g/mol. The first-order chi connectivity index (χ1) is 11.7. The van der Waals surface area contributed by atoms with E-state index >= 15 is 0 Å². The molecule has 2 aromatic heterocycles. The Morgan fingerprint density at radius 1 is 1.29 bits per heavy atom. The van der Waals surface area contributed by atoms with E-state index in [1.807, 2.05) is 24.0 Å². The van der Waals surface area contributed by atoms with Gasteiger partial charge in [-0.1, -0.05) is 5.10 Å². The molecular weight excluding hydrogens is 306 g/mol. The normalized spacial score (nSPS) is 20.0. The van der Waals surface area contributed by atoms with Crippen molar-refractivity contribution in [3.8, 4) is 11.5 Å². The average Bonchev–Trinajstić information content (AvgIpc) is 3.20. The van der Waals surface area contributed by atoms with Gasteiger partial charge in [0.1, 0.15) is 6.04 Å². The van der Waals surface area contributed by atoms with Crippen molar-refractivity contribution in [2.45, 2.75) is 38.6 Å². The Bertz CT molecular complexity index is 716. The molecule has 126 valence electrons. The molecule has 1 spiro atoms. The SMILES string of the molecule is C[C@H](Nc1nnc(-c2cccnc2)o1)C(=O)N1CCC2(CC1)CC2. The highest BCUT2D eigenvalue weighted by Gasteiger charge is 2.45. The second-order valence-corrected chi connectivity index (χ2v) is 6.85. The maximum atomic E-state index is 12.6. The molecule has 1 N–H and O–H groups in total. The largest absolute Gasteiger partial charge is 0.403 e. The summed E-state index contributed by atoms with van der Waals surface area (Å²) >= 11 is 0. The first-order valence-electron chi connectivity index (χ1n) is 8.44. The molecule has 1 saturated heterocycles. The molecule has 4 rings (SSSR count). The van der Waals surface area contributed by atoms with Crippen LogP contribution >= 0.6 is 0 Å². The Hall–Kier alpha value is -2.44. The lowest BCUT2D eigenvalue weighted by Gasteiger charge is -2.33. The summed E-state index contributed by atoms with van der Waals surface area (Å²) in [6.45, 7) is 3.54. The number of pyridine rings is 1. The lowest BCUT2D eigenvalue weighted by Crippen LogP contribution is -2.45. The molecule has 1 aliphatic carbocycles. The van der Waals surface area contributed by atoms with Gasteiger partial charge in [-0.05, 0) is 50.2 Å². The third kappa shape index (κ3) is 2.98. The molecule has 0 unspecified atom stereocenters. The van der Waals surface area contributed by atoms with Crippen molar-refractivity contribution in [1.82, 2.24) is 20.1 Å². The third-order valence-electron chi connectivity index (χ3n) is 5.14. The first kappa shape index (κ1) is 15.1. The summed E-state index contributed by atoms with van der Waals surface area (Å²) < 4.78 is 5.58. The molecule has 1 saturated carbocycles. The summed E-state index contributed by atoms with van der Waals surface area (Å²) in [4.78, 5) is 18.5. The highest BCUT2D eigenvalue weighted by Crippen LogP contribution is 2.53. The second-order valence-electron chi connectivity index (χ2n) is 6.85. The number of amides is 1. The molecule has 3 heterocycles. The van der Waals surface area contributed by atoms with Crippen molar-refractivity contribution in [2.75, 3.05) is 18.4 Å². The summed E-state index contributed by atoms with van der Waals surface area (Å²) in [5, 5.41) is 11.0. The molecule has 0 bridgehead atoms. The van der Waals surface area contributed by atoms with Gasteiger partial charge in [0.25, 0.3) is 5.89 Å². The minimum atomic E-state index is -0.388. The van der Waals surface area contributed by atoms with E-state index in [2.05, 4.69) is 20.5 Å². The smallest absolute Gasteiger partial charge is 0.316 e. The fraction of sp³-hybridized carbons (Fsp3) is 0.529. The zero-order valence-electron chi connectivity index (χ0n) is 13.7. The maximum absolute atomic E-state index is 12.6. The van der Waals surface area contributed by atoms with Crippen LogP contribution in [0.1, 0.15) is 32.6 Å². The molecule has 2 fully saturated rings. The molecule has 0 radical (unpaired) electrons. The number of carbonyl (C=O) groups excluding carboxylic acids is 1. The molecule has 0 aromatic carbocycles. The van der Waals surface area contributed by atoms with E-state index in [1.54, 1.807) is 12.4 Å². The minimum absolute atomic E-state index is 0.0895. The van der Waals surface area contributed by atoms with Crippen LogP contribution in [0, 0.1) is 5.41 Å². The fourth-order valence-electron chi connectivity index (χ4n) is 3.29. The number of hydrogen-bond donors (Lipinski definition) is 1. The van der Waals surface area contributed by atoms with Crippen LogP contribution in [0.3, 0.4) is 0 Å². The molecule has 24 heavy (non-hydrogen) atoms. The van der Waals surface area contributed by atoms with Gasteiger partial charge in [0.05, 0.1) is 5.56 Å². The number of likely N-dealkylation sites (tertiary alicyclic amines) is 1. The van der Waals surface area contributed by atoms with E-state index in [0.717, 1.165) is 31.5 Å². The zero-order chi connectivity index (χ0) is 16.6. The van der Waals surface area contributed by atoms with Gasteiger partial charge in [0.15, 0.2) is 0 Å². The quantitative estimate of drug-likeness (QED) is 0.928. The zero-order valence-corrected chi connectivity index (χ0v) is 13.7. The Balaban J connectivity index is 1.36. The van der Waals surface area contributed by atoms with E-state index in [0.29, 0.717) is 11.3 Å². The Kier molecular flexibility index (Phi) is 3.70. The highest BCUT2D eigenvalue weighted by atomic mass is 16.4. The second kappa shape index (κ2) is 5.89. The predicted molar refractivity (Wildman–Crippen MR) is 88.1 cm³/mol. The van der Waals surface area contributed by atoms with Gasteiger partial charge in [-0.15, -0.1) is 5.10 Å². The third-order valence-corrected chi connectivity index (χ3v) is 5.14. The number of nitrogens with zero attached hydrogens (tertiary/aromatic N) is 4. The molecule has 2 aromatic rings. The van der Waals surface area contributed by atoms with Crippen LogP contribution in [0.5, 0.6) is 0 Å². The number of nitrogens with one attached hydrogen (secondary N) is 1. The van der Waals surface area contributed by atoms with Gasteiger partial charge < -0.3 is 14.6 Å². The molecule has 2 aliphatic rings. The Morgan fingerprint density at radius 3 is 2.75 bits per heavy atom. The summed E-state index contributed by atoms with van der Waals surface area (Å²) in [6, 6.07) is 3.52. The summed E-state index contributed by atoms with van der Waals surface area (Å²) in [6.07, 6.45) is 8.29. The fourth-order valence-corrected chi connectivity index (χ4v) is 3.29. The topological polar surface area (TPSA) is 84.1 Å². The Labute approximate surface area is 140 Å². The van der Waals surface area contributed by atoms with Crippen molar-refractivity contribution < 1.29 is 9.21 Å². The van der Waals surface area contributed by atoms with Gasteiger partial charge in [-0.25, -0.2) is 0 Å². The van der Waals surface area contributed by atoms with Crippen LogP contribution < -0.4 is 5.32 Å². The molecule has 1 amide bonds. The van der Waals surface area contributed by atoms with Crippen LogP contribution in [0.2, 0.25) is 0 Å². The predicted octanol–water partition coefficient (Wildman–Crippen LogP) is 2.33. The summed E-state index contributed by atoms with van der Waals surface area (Å²) in [5.74, 6) is 0.477. The Morgan fingerprint density at radius 2 is 2.08 bits per heavy atom. The van der Waals surface area contributed by atoms with Gasteiger partial charge in [0.2, 0.25) is 5.91 Å². The first-order valence-corrected chi connectivity index (χ1v) is 8.44. The van der Waals surface area contributed by atoms with Crippen molar-refractivity contribution >= 4 is 11.9 Å². The van der Waals surface area contributed by atoms with Crippen molar-refractivity contribution in [3.63, 3.8) is 0 Å². The highest BCUT2D eigenvalue weighted by molar-refractivity contribution is 5.83. The van der Waals surface area contributed by atoms with E-state index in [-0.39, 0.29) is 18.0 Å². The van der Waals surface area contributed by atoms with E-state index in [1.165, 1.54) is 12.8 Å². The lowest BCUT2D eigenvalue weighted by molar-refractivity contribution is -0.133. The van der Waals surface area contributed by atoms with Gasteiger partial charge in [-0.3, -0.25) is 9.78 Å². The molecular formula is C17H21N5O2. The number of anilines is 1. The number of carbonyl (C=O) groups is 1. The number of aromatic nitrogens is 3. The number of hydrogen-bond acceptors (Lipinski definition) is 6. The van der Waals surface area contributed by atoms with Crippen LogP contribution in [0.25, 0.3) is 11.5 Å². The van der Waals surface area contributed by atoms with E-state index < -0.39 is 0 Å². The molecule has 7 nitrogen and oxygen atoms in total. The van der Waals surface area contributed by atoms with E-state index in [9.17, 15) is 4.79 Å². The lowest BCUT2D eigenvalue weighted by atomic mass is 9.93. The van der Waals surface area contributed by atoms with Gasteiger partial charge in [0, 0.05) is 25.5 Å². The van der Waals surface area contributed by atoms with Gasteiger partial charge >= 0.3 is 6.01 Å². The van der Waals surface area contributed by atoms with Crippen molar-refractivity contribution in [3.05, 3.63) is 24.5 Å². The monoisotopic (exact) mass is 327 g/mol. The standard InChI is InChI=1S/C17H21N5O2/c1-12(15(23)22-9-6-17(4-5-17)7-10-22)19-16-21-20-14(24-16)13-3-2-8-18-11-13/h2-3,8,11-12H,4-7,9-10H2,1H3,(H,19,21)/t12-/m0/s1. The minimum Gasteiger partial charge on any atom is -0.403 e. The number of rotatable bonds is 4. The molecule has 1 atom stereocenters. The van der Waals surface area contributed by atoms with Crippen LogP contribution in [0.4, 0.5) is 6.01 Å². The molecule has 7 heteroatoms. The van der Waals surface area contributed by atoms with E-state index in [4.69, 9.17) is 4.42 Å². The maximum Gasteiger partial charge on any atom is 0.316 e. The van der Waals surface area contributed by atoms with Crippen LogP contribution in [-0.2, 0) is 4.79 Å².